The zero-order valence-corrected chi connectivity index (χ0v) is 14.6. The van der Waals surface area contributed by atoms with E-state index < -0.39 is 0 Å². The number of hydrogen-bond acceptors (Lipinski definition) is 6. The number of hydrogen-bond donors (Lipinski definition) is 2. The van der Waals surface area contributed by atoms with Crippen molar-refractivity contribution in [2.45, 2.75) is 13.8 Å². The van der Waals surface area contributed by atoms with Gasteiger partial charge in [-0.3, -0.25) is 4.79 Å². The average molecular weight is 388 g/mol. The summed E-state index contributed by atoms with van der Waals surface area (Å²) in [5.74, 6) is 1.11. The summed E-state index contributed by atoms with van der Waals surface area (Å²) < 4.78 is 5.92. The Morgan fingerprint density at radius 3 is 2.54 bits per heavy atom. The summed E-state index contributed by atoms with van der Waals surface area (Å²) in [6, 6.07) is 10.6. The van der Waals surface area contributed by atoms with Crippen molar-refractivity contribution >= 4 is 39.3 Å². The third-order valence-electron chi connectivity index (χ3n) is 3.06. The summed E-state index contributed by atoms with van der Waals surface area (Å²) in [6.07, 6.45) is 0. The van der Waals surface area contributed by atoms with E-state index in [9.17, 15) is 4.79 Å². The first kappa shape index (κ1) is 16.1. The van der Waals surface area contributed by atoms with E-state index in [2.05, 4.69) is 41.7 Å². The summed E-state index contributed by atoms with van der Waals surface area (Å²) in [4.78, 5) is 20.9. The molecule has 0 atom stereocenters. The van der Waals surface area contributed by atoms with Gasteiger partial charge in [0.1, 0.15) is 11.5 Å². The van der Waals surface area contributed by atoms with Crippen LogP contribution in [0.2, 0.25) is 0 Å². The molecule has 1 amide bonds. The molecule has 0 aliphatic heterocycles. The van der Waals surface area contributed by atoms with Crippen LogP contribution in [0.15, 0.2) is 45.4 Å². The highest BCUT2D eigenvalue weighted by atomic mass is 79.9. The van der Waals surface area contributed by atoms with Gasteiger partial charge in [-0.1, -0.05) is 21.1 Å². The third kappa shape index (κ3) is 3.96. The minimum absolute atomic E-state index is 0.258. The molecule has 0 saturated carbocycles. The van der Waals surface area contributed by atoms with E-state index in [0.717, 1.165) is 4.47 Å². The van der Waals surface area contributed by atoms with E-state index in [1.165, 1.54) is 0 Å². The SMILES string of the molecule is Cc1cc(C(=O)Nc2ccc(Br)cc2)nc(Nc2cc(C)on2)n1. The summed E-state index contributed by atoms with van der Waals surface area (Å²) in [6.45, 7) is 3.57. The molecule has 0 fully saturated rings. The van der Waals surface area contributed by atoms with Crippen molar-refractivity contribution in [1.29, 1.82) is 0 Å². The second-order valence-corrected chi connectivity index (χ2v) is 6.04. The predicted octanol–water partition coefficient (Wildman–Crippen LogP) is 3.84. The number of anilines is 3. The van der Waals surface area contributed by atoms with Crippen LogP contribution < -0.4 is 10.6 Å². The fourth-order valence-electron chi connectivity index (χ4n) is 2.01. The molecule has 0 saturated heterocycles. The van der Waals surface area contributed by atoms with Crippen molar-refractivity contribution in [3.63, 3.8) is 0 Å². The molecule has 0 unspecified atom stereocenters. The lowest BCUT2D eigenvalue weighted by Gasteiger charge is -2.07. The Hall–Kier alpha value is -2.74. The first-order valence-electron chi connectivity index (χ1n) is 7.12. The quantitative estimate of drug-likeness (QED) is 0.706. The minimum Gasteiger partial charge on any atom is -0.360 e. The van der Waals surface area contributed by atoms with Gasteiger partial charge in [-0.05, 0) is 44.2 Å². The Labute approximate surface area is 146 Å². The summed E-state index contributed by atoms with van der Waals surface area (Å²) >= 11 is 3.35. The highest BCUT2D eigenvalue weighted by molar-refractivity contribution is 9.10. The Morgan fingerprint density at radius 1 is 1.12 bits per heavy atom. The van der Waals surface area contributed by atoms with E-state index in [1.54, 1.807) is 38.1 Å². The largest absolute Gasteiger partial charge is 0.360 e. The summed E-state index contributed by atoms with van der Waals surface area (Å²) in [5.41, 5.74) is 1.60. The van der Waals surface area contributed by atoms with Crippen LogP contribution in [-0.4, -0.2) is 21.0 Å². The third-order valence-corrected chi connectivity index (χ3v) is 3.59. The number of rotatable bonds is 4. The van der Waals surface area contributed by atoms with Crippen molar-refractivity contribution in [2.75, 3.05) is 10.6 Å². The summed E-state index contributed by atoms with van der Waals surface area (Å²) in [5, 5.41) is 9.53. The maximum Gasteiger partial charge on any atom is 0.274 e. The molecule has 2 aromatic heterocycles. The molecule has 8 heteroatoms. The lowest BCUT2D eigenvalue weighted by atomic mass is 10.3. The van der Waals surface area contributed by atoms with Gasteiger partial charge in [0.2, 0.25) is 5.95 Å². The highest BCUT2D eigenvalue weighted by Crippen LogP contribution is 2.16. The van der Waals surface area contributed by atoms with E-state index >= 15 is 0 Å². The second-order valence-electron chi connectivity index (χ2n) is 5.13. The number of aromatic nitrogens is 3. The van der Waals surface area contributed by atoms with Gasteiger partial charge in [-0.2, -0.15) is 0 Å². The monoisotopic (exact) mass is 387 g/mol. The minimum atomic E-state index is -0.317. The van der Waals surface area contributed by atoms with E-state index in [-0.39, 0.29) is 17.5 Å². The van der Waals surface area contributed by atoms with Crippen LogP contribution in [0.4, 0.5) is 17.5 Å². The predicted molar refractivity (Wildman–Crippen MR) is 93.4 cm³/mol. The van der Waals surface area contributed by atoms with Crippen LogP contribution >= 0.6 is 15.9 Å². The molecule has 0 spiro atoms. The Bertz CT molecular complexity index is 876. The van der Waals surface area contributed by atoms with Gasteiger partial charge in [0.05, 0.1) is 0 Å². The fourth-order valence-corrected chi connectivity index (χ4v) is 2.27. The standard InChI is InChI=1S/C16H14BrN5O2/c1-9-7-13(15(23)19-12-5-3-11(17)4-6-12)20-16(18-9)21-14-8-10(2)24-22-14/h3-8H,1-2H3,(H,19,23)(H,18,20,21,22). The highest BCUT2D eigenvalue weighted by Gasteiger charge is 2.12. The van der Waals surface area contributed by atoms with Gasteiger partial charge >= 0.3 is 0 Å². The lowest BCUT2D eigenvalue weighted by molar-refractivity contribution is 0.102. The molecular weight excluding hydrogens is 374 g/mol. The van der Waals surface area contributed by atoms with Gasteiger partial charge < -0.3 is 15.2 Å². The van der Waals surface area contributed by atoms with Crippen molar-refractivity contribution in [2.24, 2.45) is 0 Å². The van der Waals surface area contributed by atoms with Crippen LogP contribution in [0.1, 0.15) is 21.9 Å². The molecule has 0 aliphatic carbocycles. The van der Waals surface area contributed by atoms with Crippen molar-refractivity contribution in [1.82, 2.24) is 15.1 Å². The molecular formula is C16H14BrN5O2. The van der Waals surface area contributed by atoms with Crippen LogP contribution in [0.25, 0.3) is 0 Å². The molecule has 3 rings (SSSR count). The number of halogens is 1. The Morgan fingerprint density at radius 2 is 1.88 bits per heavy atom. The molecule has 0 bridgehead atoms. The number of carbonyl (C=O) groups excluding carboxylic acids is 1. The van der Waals surface area contributed by atoms with Crippen LogP contribution in [-0.2, 0) is 0 Å². The van der Waals surface area contributed by atoms with Crippen LogP contribution in [0, 0.1) is 13.8 Å². The fraction of sp³-hybridized carbons (Fsp3) is 0.125. The molecule has 3 aromatic rings. The summed E-state index contributed by atoms with van der Waals surface area (Å²) in [7, 11) is 0. The van der Waals surface area contributed by atoms with Gasteiger partial charge in [0.25, 0.3) is 5.91 Å². The average Bonchev–Trinajstić information content (AvgIpc) is 2.94. The molecule has 7 nitrogen and oxygen atoms in total. The van der Waals surface area contributed by atoms with E-state index in [4.69, 9.17) is 4.52 Å². The first-order valence-corrected chi connectivity index (χ1v) is 7.92. The Balaban J connectivity index is 1.79. The normalized spacial score (nSPS) is 10.5. The van der Waals surface area contributed by atoms with Crippen molar-refractivity contribution < 1.29 is 9.32 Å². The number of nitrogens with one attached hydrogen (secondary N) is 2. The lowest BCUT2D eigenvalue weighted by Crippen LogP contribution is -2.15. The molecule has 24 heavy (non-hydrogen) atoms. The molecule has 0 aliphatic rings. The molecule has 0 radical (unpaired) electrons. The van der Waals surface area contributed by atoms with Gasteiger partial charge in [-0.25, -0.2) is 9.97 Å². The zero-order chi connectivity index (χ0) is 17.1. The maximum absolute atomic E-state index is 12.4. The number of aryl methyl sites for hydroxylation is 2. The van der Waals surface area contributed by atoms with E-state index in [0.29, 0.717) is 23.0 Å². The van der Waals surface area contributed by atoms with Gasteiger partial charge in [-0.15, -0.1) is 0 Å². The smallest absolute Gasteiger partial charge is 0.274 e. The van der Waals surface area contributed by atoms with Crippen molar-refractivity contribution in [3.8, 4) is 0 Å². The maximum atomic E-state index is 12.4. The molecule has 122 valence electrons. The molecule has 1 aromatic carbocycles. The number of nitrogens with zero attached hydrogens (tertiary/aromatic N) is 3. The zero-order valence-electron chi connectivity index (χ0n) is 13.0. The number of benzene rings is 1. The topological polar surface area (TPSA) is 92.9 Å². The van der Waals surface area contributed by atoms with Crippen LogP contribution in [0.5, 0.6) is 0 Å². The molecule has 2 heterocycles. The number of carbonyl (C=O) groups is 1. The first-order chi connectivity index (χ1) is 11.5. The van der Waals surface area contributed by atoms with Gasteiger partial charge in [0, 0.05) is 21.9 Å². The number of amides is 1. The van der Waals surface area contributed by atoms with Crippen LogP contribution in [0.3, 0.4) is 0 Å². The Kier molecular flexibility index (Phi) is 4.57. The molecule has 2 N–H and O–H groups in total. The van der Waals surface area contributed by atoms with Gasteiger partial charge in [0.15, 0.2) is 5.82 Å². The van der Waals surface area contributed by atoms with E-state index in [1.807, 2.05) is 12.1 Å². The second kappa shape index (κ2) is 6.79. The van der Waals surface area contributed by atoms with Crippen molar-refractivity contribution in [3.05, 3.63) is 58.0 Å².